The van der Waals surface area contributed by atoms with Gasteiger partial charge in [-0.15, -0.1) is 0 Å². The van der Waals surface area contributed by atoms with Crippen molar-refractivity contribution in [3.05, 3.63) is 83.7 Å². The van der Waals surface area contributed by atoms with Crippen LogP contribution < -0.4 is 16.4 Å². The predicted molar refractivity (Wildman–Crippen MR) is 232 cm³/mol. The number of carbonyl (C=O) groups is 4. The average Bonchev–Trinajstić information content (AvgIpc) is 3.55. The number of halogens is 2. The molecule has 1 unspecified atom stereocenters. The Morgan fingerprint density at radius 2 is 1.62 bits per heavy atom. The van der Waals surface area contributed by atoms with Crippen LogP contribution in [-0.4, -0.2) is 101 Å². The number of amides is 3. The van der Waals surface area contributed by atoms with Crippen LogP contribution in [0, 0.1) is 17.0 Å². The highest BCUT2D eigenvalue weighted by Gasteiger charge is 2.37. The fourth-order valence-electron chi connectivity index (χ4n) is 6.19. The molecule has 0 saturated heterocycles. The zero-order chi connectivity index (χ0) is 42.8. The van der Waals surface area contributed by atoms with Gasteiger partial charge in [-0.1, -0.05) is 77.3 Å². The van der Waals surface area contributed by atoms with E-state index in [1.807, 2.05) is 61.7 Å². The second-order valence-electron chi connectivity index (χ2n) is 15.9. The Morgan fingerprint density at radius 3 is 2.26 bits per heavy atom. The number of nitrogens with one attached hydrogen (secondary N) is 2. The van der Waals surface area contributed by atoms with Crippen LogP contribution in [0.25, 0.3) is 11.1 Å². The first-order valence-corrected chi connectivity index (χ1v) is 26.3. The third-order valence-electron chi connectivity index (χ3n) is 9.18. The molecule has 11 nitrogen and oxygen atoms in total. The minimum Gasteiger partial charge on any atom is -0.464 e. The minimum atomic E-state index is -0.952. The molecule has 3 rings (SSSR count). The molecule has 2 atom stereocenters. The number of hydrogen-bond acceptors (Lipinski definition) is 8. The Labute approximate surface area is 350 Å². The van der Waals surface area contributed by atoms with Gasteiger partial charge in [-0.2, -0.15) is 11.8 Å². The third kappa shape index (κ3) is 16.3. The monoisotopic (exact) mass is 857 g/mol. The Morgan fingerprint density at radius 1 is 0.948 bits per heavy atom. The summed E-state index contributed by atoms with van der Waals surface area (Å²) in [5.41, 5.74) is 7.49. The van der Waals surface area contributed by atoms with E-state index in [0.717, 1.165) is 35.5 Å². The first-order valence-electron chi connectivity index (χ1n) is 19.7. The van der Waals surface area contributed by atoms with Crippen molar-refractivity contribution < 1.29 is 37.4 Å². The molecule has 1 aromatic heterocycles. The van der Waals surface area contributed by atoms with E-state index in [9.17, 15) is 23.6 Å². The lowest BCUT2D eigenvalue weighted by atomic mass is 9.83. The maximum atomic E-state index is 15.2. The molecular weight excluding hydrogens is 797 g/mol. The molecule has 2 radical (unpaired) electrons. The van der Waals surface area contributed by atoms with Crippen molar-refractivity contribution in [2.75, 3.05) is 44.4 Å². The number of thioether (sulfide) groups is 1. The summed E-state index contributed by atoms with van der Waals surface area (Å²) < 4.78 is 42.3. The van der Waals surface area contributed by atoms with Gasteiger partial charge in [0.2, 0.25) is 11.8 Å². The van der Waals surface area contributed by atoms with Gasteiger partial charge in [0, 0.05) is 79.0 Å². The van der Waals surface area contributed by atoms with E-state index >= 15 is 4.39 Å². The second kappa shape index (κ2) is 24.2. The van der Waals surface area contributed by atoms with Crippen LogP contribution in [0.1, 0.15) is 50.9 Å². The van der Waals surface area contributed by atoms with Crippen molar-refractivity contribution in [3.8, 4) is 11.1 Å². The van der Waals surface area contributed by atoms with E-state index < -0.39 is 58.8 Å². The van der Waals surface area contributed by atoms with Gasteiger partial charge in [-0.3, -0.25) is 9.59 Å². The lowest BCUT2D eigenvalue weighted by Gasteiger charge is -2.41. The Kier molecular flexibility index (Phi) is 20.2. The van der Waals surface area contributed by atoms with Crippen molar-refractivity contribution in [1.82, 2.24) is 20.1 Å². The summed E-state index contributed by atoms with van der Waals surface area (Å²) in [5, 5.41) is 5.45. The molecule has 318 valence electrons. The molecule has 0 bridgehead atoms. The van der Waals surface area contributed by atoms with Gasteiger partial charge < -0.3 is 35.3 Å². The summed E-state index contributed by atoms with van der Waals surface area (Å²) in [4.78, 5) is 53.9. The number of ether oxygens (including phenoxy) is 2. The van der Waals surface area contributed by atoms with Crippen molar-refractivity contribution in [3.63, 3.8) is 0 Å². The largest absolute Gasteiger partial charge is 0.464 e. The fraction of sp³-hybridized carbons (Fsp3) is 0.524. The highest BCUT2D eigenvalue weighted by atomic mass is 32.2. The zero-order valence-corrected chi connectivity index (χ0v) is 37.8. The van der Waals surface area contributed by atoms with Crippen LogP contribution in [0.15, 0.2) is 60.8 Å². The molecule has 2 aromatic carbocycles. The summed E-state index contributed by atoms with van der Waals surface area (Å²) in [6, 6.07) is 15.1. The first-order chi connectivity index (χ1) is 27.5. The van der Waals surface area contributed by atoms with Crippen molar-refractivity contribution >= 4 is 53.2 Å². The van der Waals surface area contributed by atoms with Gasteiger partial charge in [-0.25, -0.2) is 18.4 Å². The van der Waals surface area contributed by atoms with Crippen molar-refractivity contribution in [2.24, 2.45) is 11.1 Å². The summed E-state index contributed by atoms with van der Waals surface area (Å²) in [7, 11) is -1.10. The van der Waals surface area contributed by atoms with Crippen LogP contribution in [0.4, 0.5) is 13.6 Å². The third-order valence-corrected chi connectivity index (χ3v) is 12.5. The van der Waals surface area contributed by atoms with E-state index in [-0.39, 0.29) is 55.8 Å². The number of nitrogens with two attached hydrogens (primary N) is 1. The molecule has 0 saturated carbocycles. The maximum absolute atomic E-state index is 15.2. The smallest absolute Gasteiger partial charge is 0.407 e. The molecule has 1 heterocycles. The molecule has 16 heteroatoms. The van der Waals surface area contributed by atoms with Crippen LogP contribution in [0.5, 0.6) is 0 Å². The molecule has 3 amide bonds. The molecular formula is C42H61F2N5O6SSi2. The summed E-state index contributed by atoms with van der Waals surface area (Å²) in [6.45, 7) is 16.1. The predicted octanol–water partition coefficient (Wildman–Crippen LogP) is 7.13. The number of esters is 1. The van der Waals surface area contributed by atoms with Crippen LogP contribution in [0.2, 0.25) is 38.3 Å². The molecule has 0 aliphatic heterocycles. The van der Waals surface area contributed by atoms with E-state index in [2.05, 4.69) is 36.8 Å². The lowest BCUT2D eigenvalue weighted by Crippen LogP contribution is -2.47. The quantitative estimate of drug-likeness (QED) is 0.0519. The molecule has 0 spiro atoms. The topological polar surface area (TPSA) is 145 Å². The molecule has 0 aliphatic carbocycles. The Bertz CT molecular complexity index is 1780. The van der Waals surface area contributed by atoms with Gasteiger partial charge in [0.25, 0.3) is 0 Å². The van der Waals surface area contributed by atoms with E-state index in [1.54, 1.807) is 11.1 Å². The average molecular weight is 858 g/mol. The number of alkyl carbamates (subject to hydrolysis) is 1. The zero-order valence-electron chi connectivity index (χ0n) is 35.0. The van der Waals surface area contributed by atoms with Gasteiger partial charge in [-0.05, 0) is 53.8 Å². The summed E-state index contributed by atoms with van der Waals surface area (Å²) in [5.74, 6) is -1.94. The van der Waals surface area contributed by atoms with Gasteiger partial charge in [0.05, 0.1) is 25.0 Å². The SMILES string of the molecule is C[Si](C)CCOC(=O)NCCCN(C(=O)CSCCC(=O)NC(CN)C(=O)OCC[Si](C)C)[C@@H](c1cc(-c2cc(F)ccc2F)cn1Cc1ccccc1)C(C)(C)C. The Hall–Kier alpha value is -4.00. The second-order valence-corrected chi connectivity index (χ2v) is 22.8. The highest BCUT2D eigenvalue weighted by molar-refractivity contribution is 7.99. The fourth-order valence-corrected chi connectivity index (χ4v) is 8.03. The van der Waals surface area contributed by atoms with Gasteiger partial charge in [0.15, 0.2) is 0 Å². The van der Waals surface area contributed by atoms with Crippen LogP contribution in [-0.2, 0) is 30.4 Å². The van der Waals surface area contributed by atoms with Gasteiger partial charge >= 0.3 is 12.1 Å². The summed E-state index contributed by atoms with van der Waals surface area (Å²) in [6.07, 6.45) is 1.75. The molecule has 0 aliphatic rings. The molecule has 0 fully saturated rings. The number of nitrogens with zero attached hydrogens (tertiary/aromatic N) is 2. The lowest BCUT2D eigenvalue weighted by molar-refractivity contribution is -0.147. The normalized spacial score (nSPS) is 12.6. The van der Waals surface area contributed by atoms with E-state index in [0.29, 0.717) is 30.9 Å². The molecule has 58 heavy (non-hydrogen) atoms. The highest BCUT2D eigenvalue weighted by Crippen LogP contribution is 2.41. The number of carbonyl (C=O) groups excluding carboxylic acids is 4. The van der Waals surface area contributed by atoms with Crippen molar-refractivity contribution in [1.29, 1.82) is 0 Å². The van der Waals surface area contributed by atoms with Gasteiger partial charge in [0.1, 0.15) is 17.7 Å². The van der Waals surface area contributed by atoms with Crippen LogP contribution in [0.3, 0.4) is 0 Å². The minimum absolute atomic E-state index is 0.0403. The first kappa shape index (κ1) is 48.4. The Balaban J connectivity index is 1.87. The number of hydrogen-bond donors (Lipinski definition) is 3. The van der Waals surface area contributed by atoms with E-state index in [1.165, 1.54) is 17.8 Å². The molecule has 4 N–H and O–H groups in total. The molecule has 3 aromatic rings. The number of rotatable bonds is 23. The van der Waals surface area contributed by atoms with Crippen molar-refractivity contribution in [2.45, 2.75) is 90.5 Å². The maximum Gasteiger partial charge on any atom is 0.407 e. The van der Waals surface area contributed by atoms with E-state index in [4.69, 9.17) is 15.2 Å². The standard InChI is InChI=1S/C42H61F2N5O6SSi2/c1-42(2,3)39(36-24-31(33-25-32(43)14-15-34(33)44)28-48(36)27-30-12-9-8-10-13-30)49(18-11-17-46-41(53)55-20-23-58(6)7)38(51)29-56-21-16-37(50)47-35(26-45)40(52)54-19-22-57(4)5/h8-10,12-15,24-25,28,35,39H,11,16-23,26-27,29,45H2,1-7H3,(H,46,53)(H,47,50)/t35?,39-/m0/s1. The number of aromatic nitrogens is 1. The van der Waals surface area contributed by atoms with Crippen LogP contribution >= 0.6 is 11.8 Å². The number of benzene rings is 2. The summed E-state index contributed by atoms with van der Waals surface area (Å²) >= 11 is 1.29.